The Morgan fingerprint density at radius 1 is 1.22 bits per heavy atom. The summed E-state index contributed by atoms with van der Waals surface area (Å²) >= 11 is 0. The summed E-state index contributed by atoms with van der Waals surface area (Å²) in [6.45, 7) is -3.01. The lowest BCUT2D eigenvalue weighted by Gasteiger charge is -2.47. The lowest BCUT2D eigenvalue weighted by molar-refractivity contribution is -0.125. The molecule has 6 heteroatoms. The van der Waals surface area contributed by atoms with Crippen molar-refractivity contribution in [3.8, 4) is 5.75 Å². The Morgan fingerprint density at radius 3 is 2.33 bits per heavy atom. The number of para-hydroxylation sites is 1. The molecule has 0 heterocycles. The van der Waals surface area contributed by atoms with Gasteiger partial charge in [0.1, 0.15) is 5.75 Å². The molecule has 0 amide bonds. The molecule has 1 aromatic rings. The van der Waals surface area contributed by atoms with Gasteiger partial charge in [0.15, 0.2) is 0 Å². The Labute approximate surface area is 102 Å². The third kappa shape index (κ3) is 2.29. The van der Waals surface area contributed by atoms with Crippen LogP contribution in [0, 0.1) is 0 Å². The van der Waals surface area contributed by atoms with Crippen LogP contribution in [0.5, 0.6) is 5.75 Å². The highest BCUT2D eigenvalue weighted by Gasteiger charge is 2.57. The summed E-state index contributed by atoms with van der Waals surface area (Å²) in [5.41, 5.74) is 4.91. The fourth-order valence-corrected chi connectivity index (χ4v) is 2.49. The SMILES string of the molecule is NCC1(c2ccccc2OC(F)F)CC(F)(F)C1. The number of ether oxygens (including phenoxy) is 1. The van der Waals surface area contributed by atoms with Gasteiger partial charge in [-0.25, -0.2) is 8.78 Å². The summed E-state index contributed by atoms with van der Waals surface area (Å²) < 4.78 is 55.0. The van der Waals surface area contributed by atoms with Gasteiger partial charge in [0.2, 0.25) is 5.92 Å². The minimum Gasteiger partial charge on any atom is -0.435 e. The van der Waals surface area contributed by atoms with Crippen LogP contribution in [-0.4, -0.2) is 19.1 Å². The first kappa shape index (κ1) is 13.1. The van der Waals surface area contributed by atoms with Crippen LogP contribution in [-0.2, 0) is 5.41 Å². The molecule has 2 rings (SSSR count). The molecular weight excluding hydrogens is 250 g/mol. The maximum absolute atomic E-state index is 13.1. The Morgan fingerprint density at radius 2 is 1.83 bits per heavy atom. The molecule has 0 saturated heterocycles. The van der Waals surface area contributed by atoms with Crippen LogP contribution in [0.4, 0.5) is 17.6 Å². The molecule has 1 aliphatic carbocycles. The van der Waals surface area contributed by atoms with E-state index in [-0.39, 0.29) is 12.3 Å². The number of nitrogens with two attached hydrogens (primary N) is 1. The zero-order valence-corrected chi connectivity index (χ0v) is 9.51. The van der Waals surface area contributed by atoms with Crippen molar-refractivity contribution in [2.24, 2.45) is 5.73 Å². The van der Waals surface area contributed by atoms with E-state index in [2.05, 4.69) is 4.74 Å². The smallest absolute Gasteiger partial charge is 0.387 e. The summed E-state index contributed by atoms with van der Waals surface area (Å²) in [5, 5.41) is 0. The topological polar surface area (TPSA) is 35.2 Å². The van der Waals surface area contributed by atoms with Crippen molar-refractivity contribution in [1.82, 2.24) is 0 Å². The average molecular weight is 263 g/mol. The summed E-state index contributed by atoms with van der Waals surface area (Å²) in [6, 6.07) is 5.97. The second-order valence-electron chi connectivity index (χ2n) is 4.57. The van der Waals surface area contributed by atoms with E-state index in [1.807, 2.05) is 0 Å². The maximum atomic E-state index is 13.1. The van der Waals surface area contributed by atoms with E-state index in [4.69, 9.17) is 5.73 Å². The van der Waals surface area contributed by atoms with Gasteiger partial charge >= 0.3 is 6.61 Å². The maximum Gasteiger partial charge on any atom is 0.387 e. The van der Waals surface area contributed by atoms with E-state index in [9.17, 15) is 17.6 Å². The molecule has 0 atom stereocenters. The number of hydrogen-bond donors (Lipinski definition) is 1. The van der Waals surface area contributed by atoms with Crippen molar-refractivity contribution in [3.05, 3.63) is 29.8 Å². The van der Waals surface area contributed by atoms with Crippen LogP contribution in [0.3, 0.4) is 0 Å². The molecule has 0 radical (unpaired) electrons. The monoisotopic (exact) mass is 263 g/mol. The quantitative estimate of drug-likeness (QED) is 0.848. The summed E-state index contributed by atoms with van der Waals surface area (Å²) in [6.07, 6.45) is -0.861. The number of halogens is 4. The first-order valence-electron chi connectivity index (χ1n) is 5.51. The highest BCUT2D eigenvalue weighted by Crippen LogP contribution is 2.54. The van der Waals surface area contributed by atoms with Crippen molar-refractivity contribution in [2.75, 3.05) is 6.54 Å². The number of hydrogen-bond acceptors (Lipinski definition) is 2. The van der Waals surface area contributed by atoms with Crippen molar-refractivity contribution in [3.63, 3.8) is 0 Å². The van der Waals surface area contributed by atoms with Gasteiger partial charge in [0.25, 0.3) is 0 Å². The Kier molecular flexibility index (Phi) is 3.23. The molecule has 1 saturated carbocycles. The molecule has 2 nitrogen and oxygen atoms in total. The fraction of sp³-hybridized carbons (Fsp3) is 0.500. The van der Waals surface area contributed by atoms with E-state index in [0.29, 0.717) is 5.56 Å². The minimum absolute atomic E-state index is 0.0216. The first-order valence-corrected chi connectivity index (χ1v) is 5.51. The predicted octanol–water partition coefficient (Wildman–Crippen LogP) is 2.91. The van der Waals surface area contributed by atoms with Gasteiger partial charge in [-0.05, 0) is 6.07 Å². The van der Waals surface area contributed by atoms with Crippen LogP contribution < -0.4 is 10.5 Å². The zero-order chi connectivity index (χ0) is 13.4. The van der Waals surface area contributed by atoms with Crippen molar-refractivity contribution >= 4 is 0 Å². The molecule has 0 aliphatic heterocycles. The predicted molar refractivity (Wildman–Crippen MR) is 58.0 cm³/mol. The first-order chi connectivity index (χ1) is 8.38. The van der Waals surface area contributed by atoms with Gasteiger partial charge in [-0.1, -0.05) is 18.2 Å². The minimum atomic E-state index is -2.98. The third-order valence-corrected chi connectivity index (χ3v) is 3.26. The molecule has 0 spiro atoms. The van der Waals surface area contributed by atoms with Crippen LogP contribution in [0.25, 0.3) is 0 Å². The van der Waals surface area contributed by atoms with E-state index in [0.717, 1.165) is 0 Å². The largest absolute Gasteiger partial charge is 0.435 e. The zero-order valence-electron chi connectivity index (χ0n) is 9.51. The second-order valence-corrected chi connectivity index (χ2v) is 4.57. The summed E-state index contributed by atoms with van der Waals surface area (Å²) in [7, 11) is 0. The van der Waals surface area contributed by atoms with Crippen LogP contribution in [0.15, 0.2) is 24.3 Å². The molecular formula is C12H13F4NO. The average Bonchev–Trinajstić information content (AvgIpc) is 2.25. The van der Waals surface area contributed by atoms with E-state index in [1.165, 1.54) is 18.2 Å². The van der Waals surface area contributed by atoms with Crippen molar-refractivity contribution in [2.45, 2.75) is 30.8 Å². The van der Waals surface area contributed by atoms with Gasteiger partial charge in [-0.2, -0.15) is 8.78 Å². The molecule has 0 bridgehead atoms. The van der Waals surface area contributed by atoms with Gasteiger partial charge in [-0.3, -0.25) is 0 Å². The molecule has 2 N–H and O–H groups in total. The number of rotatable bonds is 4. The standard InChI is InChI=1S/C12H13F4NO/c13-10(14)18-9-4-2-1-3-8(9)11(7-17)5-12(15,16)6-11/h1-4,10H,5-7,17H2. The van der Waals surface area contributed by atoms with Gasteiger partial charge in [-0.15, -0.1) is 0 Å². The molecule has 1 aliphatic rings. The van der Waals surface area contributed by atoms with Crippen LogP contribution in [0.2, 0.25) is 0 Å². The van der Waals surface area contributed by atoms with E-state index in [1.54, 1.807) is 6.07 Å². The summed E-state index contributed by atoms with van der Waals surface area (Å²) in [4.78, 5) is 0. The highest BCUT2D eigenvalue weighted by molar-refractivity contribution is 5.42. The van der Waals surface area contributed by atoms with Crippen molar-refractivity contribution in [1.29, 1.82) is 0 Å². The molecule has 0 unspecified atom stereocenters. The Hall–Kier alpha value is -1.30. The van der Waals surface area contributed by atoms with Gasteiger partial charge in [0, 0.05) is 30.4 Å². The summed E-state index contributed by atoms with van der Waals surface area (Å²) in [5.74, 6) is -2.86. The van der Waals surface area contributed by atoms with Crippen LogP contribution >= 0.6 is 0 Å². The lowest BCUT2D eigenvalue weighted by atomic mass is 9.62. The third-order valence-electron chi connectivity index (χ3n) is 3.26. The van der Waals surface area contributed by atoms with E-state index >= 15 is 0 Å². The molecule has 0 aromatic heterocycles. The van der Waals surface area contributed by atoms with Crippen molar-refractivity contribution < 1.29 is 22.3 Å². The van der Waals surface area contributed by atoms with Crippen LogP contribution in [0.1, 0.15) is 18.4 Å². The molecule has 100 valence electrons. The Bertz CT molecular complexity index is 428. The second kappa shape index (κ2) is 4.42. The number of benzene rings is 1. The van der Waals surface area contributed by atoms with Gasteiger partial charge < -0.3 is 10.5 Å². The fourth-order valence-electron chi connectivity index (χ4n) is 2.49. The highest BCUT2D eigenvalue weighted by atomic mass is 19.3. The van der Waals surface area contributed by atoms with Gasteiger partial charge in [0.05, 0.1) is 0 Å². The molecule has 18 heavy (non-hydrogen) atoms. The number of alkyl halides is 4. The Balaban J connectivity index is 2.32. The lowest BCUT2D eigenvalue weighted by Crippen LogP contribution is -2.53. The molecule has 1 fully saturated rings. The normalized spacial score (nSPS) is 20.6. The van der Waals surface area contributed by atoms with E-state index < -0.39 is 30.8 Å². The molecule has 1 aromatic carbocycles.